The van der Waals surface area contributed by atoms with Gasteiger partial charge >= 0.3 is 0 Å². The molecule has 1 saturated heterocycles. The third kappa shape index (κ3) is 2.42. The second-order valence-electron chi connectivity index (χ2n) is 4.36. The zero-order valence-electron chi connectivity index (χ0n) is 9.36. The van der Waals surface area contributed by atoms with Gasteiger partial charge in [0.1, 0.15) is 0 Å². The van der Waals surface area contributed by atoms with Gasteiger partial charge in [-0.3, -0.25) is 4.79 Å². The lowest BCUT2D eigenvalue weighted by atomic mass is 9.88. The lowest BCUT2D eigenvalue weighted by Gasteiger charge is -2.17. The van der Waals surface area contributed by atoms with Crippen LogP contribution in [-0.2, 0) is 4.79 Å². The fourth-order valence-electron chi connectivity index (χ4n) is 2.31. The van der Waals surface area contributed by atoms with E-state index in [4.69, 9.17) is 5.73 Å². The number of carbonyl (C=O) groups is 1. The van der Waals surface area contributed by atoms with E-state index in [1.807, 2.05) is 18.2 Å². The number of nitrogens with two attached hydrogens (primary N) is 1. The first-order valence-electron chi connectivity index (χ1n) is 5.84. The van der Waals surface area contributed by atoms with E-state index in [0.29, 0.717) is 12.5 Å². The van der Waals surface area contributed by atoms with Gasteiger partial charge in [-0.15, -0.1) is 0 Å². The summed E-state index contributed by atoms with van der Waals surface area (Å²) in [7, 11) is 0. The molecule has 1 heterocycles. The van der Waals surface area contributed by atoms with Crippen LogP contribution in [0.4, 0.5) is 0 Å². The zero-order chi connectivity index (χ0) is 11.4. The Morgan fingerprint density at radius 2 is 2.12 bits per heavy atom. The first-order chi connectivity index (χ1) is 7.81. The molecule has 1 fully saturated rings. The Bertz CT molecular complexity index is 350. The summed E-state index contributed by atoms with van der Waals surface area (Å²) >= 11 is 0. The van der Waals surface area contributed by atoms with Crippen LogP contribution in [0.2, 0.25) is 0 Å². The monoisotopic (exact) mass is 218 g/mol. The molecular weight excluding hydrogens is 200 g/mol. The number of nitrogens with one attached hydrogen (secondary N) is 1. The summed E-state index contributed by atoms with van der Waals surface area (Å²) in [5.41, 5.74) is 7.04. The SMILES string of the molecule is NC[C@H](C[C@H]1CCNC1=O)c1ccccc1. The molecule has 0 spiro atoms. The van der Waals surface area contributed by atoms with Crippen LogP contribution in [0, 0.1) is 5.92 Å². The quantitative estimate of drug-likeness (QED) is 0.799. The first-order valence-corrected chi connectivity index (χ1v) is 5.84. The van der Waals surface area contributed by atoms with Crippen LogP contribution >= 0.6 is 0 Å². The number of benzene rings is 1. The van der Waals surface area contributed by atoms with Crippen LogP contribution in [0.3, 0.4) is 0 Å². The highest BCUT2D eigenvalue weighted by Gasteiger charge is 2.27. The van der Waals surface area contributed by atoms with Crippen molar-refractivity contribution in [3.05, 3.63) is 35.9 Å². The van der Waals surface area contributed by atoms with Crippen LogP contribution in [0.15, 0.2) is 30.3 Å². The number of rotatable bonds is 4. The average molecular weight is 218 g/mol. The van der Waals surface area contributed by atoms with Gasteiger partial charge in [0.05, 0.1) is 0 Å². The Morgan fingerprint density at radius 3 is 2.69 bits per heavy atom. The molecule has 1 aliphatic rings. The van der Waals surface area contributed by atoms with Crippen molar-refractivity contribution < 1.29 is 4.79 Å². The van der Waals surface area contributed by atoms with Gasteiger partial charge in [-0.05, 0) is 30.9 Å². The van der Waals surface area contributed by atoms with Gasteiger partial charge < -0.3 is 11.1 Å². The molecule has 3 nitrogen and oxygen atoms in total. The number of amides is 1. The summed E-state index contributed by atoms with van der Waals surface area (Å²) in [6, 6.07) is 10.2. The molecule has 0 aliphatic carbocycles. The molecule has 0 aromatic heterocycles. The van der Waals surface area contributed by atoms with Crippen molar-refractivity contribution in [2.24, 2.45) is 11.7 Å². The zero-order valence-corrected chi connectivity index (χ0v) is 9.36. The highest BCUT2D eigenvalue weighted by atomic mass is 16.2. The number of hydrogen-bond donors (Lipinski definition) is 2. The molecule has 0 unspecified atom stereocenters. The molecule has 0 saturated carbocycles. The lowest BCUT2D eigenvalue weighted by molar-refractivity contribution is -0.122. The molecule has 3 N–H and O–H groups in total. The molecule has 1 aromatic carbocycles. The van der Waals surface area contributed by atoms with Crippen LogP contribution in [0.25, 0.3) is 0 Å². The van der Waals surface area contributed by atoms with E-state index >= 15 is 0 Å². The van der Waals surface area contributed by atoms with E-state index < -0.39 is 0 Å². The minimum atomic E-state index is 0.147. The maximum Gasteiger partial charge on any atom is 0.223 e. The molecule has 1 aromatic rings. The summed E-state index contributed by atoms with van der Waals surface area (Å²) in [5.74, 6) is 0.637. The predicted molar refractivity (Wildman–Crippen MR) is 64.0 cm³/mol. The third-order valence-corrected chi connectivity index (χ3v) is 3.29. The Morgan fingerprint density at radius 1 is 1.38 bits per heavy atom. The van der Waals surface area contributed by atoms with Gasteiger partial charge in [0.2, 0.25) is 5.91 Å². The van der Waals surface area contributed by atoms with Gasteiger partial charge in [-0.1, -0.05) is 30.3 Å². The van der Waals surface area contributed by atoms with E-state index in [1.165, 1.54) is 5.56 Å². The van der Waals surface area contributed by atoms with Crippen molar-refractivity contribution in [1.29, 1.82) is 0 Å². The van der Waals surface area contributed by atoms with Crippen molar-refractivity contribution in [1.82, 2.24) is 5.32 Å². The third-order valence-electron chi connectivity index (χ3n) is 3.29. The van der Waals surface area contributed by atoms with E-state index in [9.17, 15) is 4.79 Å². The second kappa shape index (κ2) is 5.12. The molecule has 1 aliphatic heterocycles. The lowest BCUT2D eigenvalue weighted by Crippen LogP contribution is -2.23. The second-order valence-corrected chi connectivity index (χ2v) is 4.36. The van der Waals surface area contributed by atoms with Crippen LogP contribution < -0.4 is 11.1 Å². The van der Waals surface area contributed by atoms with Crippen molar-refractivity contribution in [2.45, 2.75) is 18.8 Å². The summed E-state index contributed by atoms with van der Waals surface area (Å²) in [6.07, 6.45) is 1.81. The highest BCUT2D eigenvalue weighted by molar-refractivity contribution is 5.80. The molecule has 3 heteroatoms. The molecule has 16 heavy (non-hydrogen) atoms. The fourth-order valence-corrected chi connectivity index (χ4v) is 2.31. The van der Waals surface area contributed by atoms with Crippen molar-refractivity contribution in [2.75, 3.05) is 13.1 Å². The van der Waals surface area contributed by atoms with Crippen LogP contribution in [-0.4, -0.2) is 19.0 Å². The van der Waals surface area contributed by atoms with E-state index in [1.54, 1.807) is 0 Å². The standard InChI is InChI=1S/C13H18N2O/c14-9-12(10-4-2-1-3-5-10)8-11-6-7-15-13(11)16/h1-5,11-12H,6-9,14H2,(H,15,16)/t11-,12+/m1/s1. The summed E-state index contributed by atoms with van der Waals surface area (Å²) < 4.78 is 0. The predicted octanol–water partition coefficient (Wildman–Crippen LogP) is 1.26. The largest absolute Gasteiger partial charge is 0.356 e. The molecular formula is C13H18N2O. The van der Waals surface area contributed by atoms with Crippen molar-refractivity contribution >= 4 is 5.91 Å². The van der Waals surface area contributed by atoms with Crippen LogP contribution in [0.5, 0.6) is 0 Å². The molecule has 86 valence electrons. The van der Waals surface area contributed by atoms with E-state index in [2.05, 4.69) is 17.4 Å². The van der Waals surface area contributed by atoms with Crippen molar-refractivity contribution in [3.63, 3.8) is 0 Å². The Hall–Kier alpha value is -1.35. The van der Waals surface area contributed by atoms with E-state index in [0.717, 1.165) is 19.4 Å². The molecule has 1 amide bonds. The summed E-state index contributed by atoms with van der Waals surface area (Å²) in [4.78, 5) is 11.5. The minimum Gasteiger partial charge on any atom is -0.356 e. The Kier molecular flexibility index (Phi) is 3.57. The molecule has 2 rings (SSSR count). The number of carbonyl (C=O) groups excluding carboxylic acids is 1. The van der Waals surface area contributed by atoms with Gasteiger partial charge in [-0.2, -0.15) is 0 Å². The van der Waals surface area contributed by atoms with Gasteiger partial charge in [0, 0.05) is 12.5 Å². The van der Waals surface area contributed by atoms with E-state index in [-0.39, 0.29) is 11.8 Å². The molecule has 0 radical (unpaired) electrons. The first kappa shape index (κ1) is 11.1. The van der Waals surface area contributed by atoms with Gasteiger partial charge in [0.15, 0.2) is 0 Å². The maximum absolute atomic E-state index is 11.5. The summed E-state index contributed by atoms with van der Waals surface area (Å²) in [5, 5.41) is 2.87. The Balaban J connectivity index is 2.03. The topological polar surface area (TPSA) is 55.1 Å². The normalized spacial score (nSPS) is 21.8. The van der Waals surface area contributed by atoms with Crippen molar-refractivity contribution in [3.8, 4) is 0 Å². The van der Waals surface area contributed by atoms with Gasteiger partial charge in [0.25, 0.3) is 0 Å². The molecule has 2 atom stereocenters. The summed E-state index contributed by atoms with van der Waals surface area (Å²) in [6.45, 7) is 1.42. The Labute approximate surface area is 96.0 Å². The number of hydrogen-bond acceptors (Lipinski definition) is 2. The average Bonchev–Trinajstić information content (AvgIpc) is 2.73. The highest BCUT2D eigenvalue weighted by Crippen LogP contribution is 2.26. The minimum absolute atomic E-state index is 0.147. The van der Waals surface area contributed by atoms with Crippen LogP contribution in [0.1, 0.15) is 24.3 Å². The maximum atomic E-state index is 11.5. The molecule has 0 bridgehead atoms. The smallest absolute Gasteiger partial charge is 0.223 e. The fraction of sp³-hybridized carbons (Fsp3) is 0.462. The van der Waals surface area contributed by atoms with Gasteiger partial charge in [-0.25, -0.2) is 0 Å².